The lowest BCUT2D eigenvalue weighted by Gasteiger charge is -2.26. The number of hydrogen-bond donors (Lipinski definition) is 2. The van der Waals surface area contributed by atoms with Gasteiger partial charge in [-0.1, -0.05) is 13.0 Å². The molecule has 3 atom stereocenters. The van der Waals surface area contributed by atoms with E-state index in [0.717, 1.165) is 6.07 Å². The minimum atomic E-state index is -3.17. The number of rotatable bonds is 6. The summed E-state index contributed by atoms with van der Waals surface area (Å²) in [6, 6.07) is 5.27. The van der Waals surface area contributed by atoms with Crippen LogP contribution >= 0.6 is 0 Å². The average molecular weight is 451 g/mol. The Morgan fingerprint density at radius 2 is 1.97 bits per heavy atom. The predicted molar refractivity (Wildman–Crippen MR) is 110 cm³/mol. The van der Waals surface area contributed by atoms with E-state index in [1.54, 1.807) is 13.8 Å². The largest absolute Gasteiger partial charge is 0.434 e. The number of halogens is 3. The van der Waals surface area contributed by atoms with E-state index in [0.29, 0.717) is 0 Å². The van der Waals surface area contributed by atoms with Crippen LogP contribution in [0.15, 0.2) is 30.5 Å². The monoisotopic (exact) mass is 451 g/mol. The van der Waals surface area contributed by atoms with E-state index in [9.17, 15) is 22.8 Å². The maximum absolute atomic E-state index is 14.1. The fourth-order valence-corrected chi connectivity index (χ4v) is 3.90. The quantitative estimate of drug-likeness (QED) is 0.696. The third-order valence-corrected chi connectivity index (χ3v) is 5.87. The van der Waals surface area contributed by atoms with Gasteiger partial charge in [0, 0.05) is 28.9 Å². The van der Waals surface area contributed by atoms with Gasteiger partial charge in [-0.15, -0.1) is 0 Å². The zero-order valence-electron chi connectivity index (χ0n) is 18.0. The number of aromatic nitrogens is 1. The molecule has 0 aliphatic carbocycles. The summed E-state index contributed by atoms with van der Waals surface area (Å²) in [5.74, 6) is -3.37. The number of pyridine rings is 1. The maximum Gasteiger partial charge on any atom is 0.387 e. The molecule has 1 aromatic carbocycles. The first-order chi connectivity index (χ1) is 14.9. The Balaban J connectivity index is 2.01. The van der Waals surface area contributed by atoms with Gasteiger partial charge in [0.15, 0.2) is 0 Å². The molecule has 0 unspecified atom stereocenters. The molecule has 7 nitrogen and oxygen atoms in total. The number of carbonyl (C=O) groups excluding carboxylic acids is 2. The lowest BCUT2D eigenvalue weighted by molar-refractivity contribution is -0.131. The summed E-state index contributed by atoms with van der Waals surface area (Å²) in [5, 5.41) is 2.65. The third-order valence-electron chi connectivity index (χ3n) is 5.87. The van der Waals surface area contributed by atoms with E-state index in [-0.39, 0.29) is 34.2 Å². The predicted octanol–water partition coefficient (Wildman–Crippen LogP) is 3.77. The van der Waals surface area contributed by atoms with Crippen LogP contribution in [0.3, 0.4) is 0 Å². The Morgan fingerprint density at radius 3 is 2.59 bits per heavy atom. The van der Waals surface area contributed by atoms with Crippen molar-refractivity contribution in [1.82, 2.24) is 4.98 Å². The standard InChI is InChI=1S/C22H24F3N3O4/c1-10-14(23)6-5-13(17(10)31-21(24)25)16-11(2)22(3,4)32-18(16)20(30)28-12-7-8-27-15(9-12)19(26)29/h5-9,11,16,18,21H,1-4H3,(H2,26,29)(H,27,28,30)/t11-,16+,18+/m0/s1. The summed E-state index contributed by atoms with van der Waals surface area (Å²) >= 11 is 0. The van der Waals surface area contributed by atoms with Gasteiger partial charge in [0.2, 0.25) is 0 Å². The van der Waals surface area contributed by atoms with Crippen LogP contribution in [0, 0.1) is 18.7 Å². The molecular weight excluding hydrogens is 427 g/mol. The first-order valence-corrected chi connectivity index (χ1v) is 9.90. The number of primary amides is 1. The number of ether oxygens (including phenoxy) is 2. The SMILES string of the molecule is Cc1c(F)ccc([C@@H]2[C@H](C(=O)Nc3ccnc(C(N)=O)c3)OC(C)(C)[C@H]2C)c1OC(F)F. The highest BCUT2D eigenvalue weighted by Crippen LogP contribution is 2.49. The summed E-state index contributed by atoms with van der Waals surface area (Å²) < 4.78 is 51.0. The number of alkyl halides is 2. The molecule has 2 heterocycles. The molecule has 3 rings (SSSR count). The van der Waals surface area contributed by atoms with Crippen molar-refractivity contribution in [2.24, 2.45) is 11.7 Å². The van der Waals surface area contributed by atoms with Crippen molar-refractivity contribution in [3.63, 3.8) is 0 Å². The molecule has 32 heavy (non-hydrogen) atoms. The van der Waals surface area contributed by atoms with Crippen LogP contribution in [-0.2, 0) is 9.53 Å². The number of nitrogens with zero attached hydrogens (tertiary/aromatic N) is 1. The molecule has 0 spiro atoms. The van der Waals surface area contributed by atoms with Crippen molar-refractivity contribution in [3.8, 4) is 5.75 Å². The van der Waals surface area contributed by atoms with Crippen LogP contribution in [0.2, 0.25) is 0 Å². The third kappa shape index (κ3) is 4.55. The second kappa shape index (κ2) is 8.78. The average Bonchev–Trinajstić information content (AvgIpc) is 2.95. The lowest BCUT2D eigenvalue weighted by atomic mass is 9.77. The minimum Gasteiger partial charge on any atom is -0.434 e. The molecule has 10 heteroatoms. The second-order valence-electron chi connectivity index (χ2n) is 8.21. The molecule has 1 fully saturated rings. The molecule has 2 amide bonds. The van der Waals surface area contributed by atoms with E-state index in [1.165, 1.54) is 31.3 Å². The van der Waals surface area contributed by atoms with Crippen molar-refractivity contribution in [2.45, 2.75) is 51.9 Å². The Bertz CT molecular complexity index is 1050. The number of anilines is 1. The summed E-state index contributed by atoms with van der Waals surface area (Å²) in [7, 11) is 0. The van der Waals surface area contributed by atoms with Crippen molar-refractivity contribution in [3.05, 3.63) is 53.1 Å². The van der Waals surface area contributed by atoms with E-state index < -0.39 is 41.9 Å². The molecular formula is C22H24F3N3O4. The fourth-order valence-electron chi connectivity index (χ4n) is 3.90. The summed E-state index contributed by atoms with van der Waals surface area (Å²) in [4.78, 5) is 28.3. The number of nitrogens with two attached hydrogens (primary N) is 1. The number of carbonyl (C=O) groups is 2. The van der Waals surface area contributed by atoms with Gasteiger partial charge in [-0.2, -0.15) is 8.78 Å². The zero-order valence-corrected chi connectivity index (χ0v) is 18.0. The molecule has 0 bridgehead atoms. The molecule has 2 aromatic rings. The van der Waals surface area contributed by atoms with Crippen LogP contribution in [0.5, 0.6) is 5.75 Å². The van der Waals surface area contributed by atoms with E-state index in [4.69, 9.17) is 10.5 Å². The highest BCUT2D eigenvalue weighted by Gasteiger charge is 2.51. The van der Waals surface area contributed by atoms with Crippen LogP contribution < -0.4 is 15.8 Å². The number of nitrogens with one attached hydrogen (secondary N) is 1. The maximum atomic E-state index is 14.1. The fraction of sp³-hybridized carbons (Fsp3) is 0.409. The summed E-state index contributed by atoms with van der Waals surface area (Å²) in [6.45, 7) is 3.54. The highest BCUT2D eigenvalue weighted by molar-refractivity contribution is 5.97. The van der Waals surface area contributed by atoms with Crippen LogP contribution in [0.4, 0.5) is 18.9 Å². The lowest BCUT2D eigenvalue weighted by Crippen LogP contribution is -2.33. The van der Waals surface area contributed by atoms with Gasteiger partial charge >= 0.3 is 6.61 Å². The molecule has 0 radical (unpaired) electrons. The summed E-state index contributed by atoms with van der Waals surface area (Å²) in [5.41, 5.74) is 4.81. The summed E-state index contributed by atoms with van der Waals surface area (Å²) in [6.07, 6.45) is 0.211. The van der Waals surface area contributed by atoms with Gasteiger partial charge in [-0.25, -0.2) is 4.39 Å². The molecule has 172 valence electrons. The van der Waals surface area contributed by atoms with Crippen LogP contribution in [0.1, 0.15) is 48.3 Å². The van der Waals surface area contributed by atoms with E-state index in [1.807, 2.05) is 6.92 Å². The van der Waals surface area contributed by atoms with E-state index >= 15 is 0 Å². The molecule has 1 saturated heterocycles. The van der Waals surface area contributed by atoms with Crippen molar-refractivity contribution < 1.29 is 32.2 Å². The molecule has 1 aromatic heterocycles. The van der Waals surface area contributed by atoms with Gasteiger partial charge in [0.25, 0.3) is 11.8 Å². The normalized spacial score (nSPS) is 22.1. The first kappa shape index (κ1) is 23.5. The van der Waals surface area contributed by atoms with E-state index in [2.05, 4.69) is 15.0 Å². The Labute approximate surface area is 183 Å². The van der Waals surface area contributed by atoms with Crippen LogP contribution in [-0.4, -0.2) is 35.1 Å². The van der Waals surface area contributed by atoms with Gasteiger partial charge < -0.3 is 20.5 Å². The second-order valence-corrected chi connectivity index (χ2v) is 8.21. The van der Waals surface area contributed by atoms with Gasteiger partial charge in [-0.05, 0) is 44.9 Å². The Morgan fingerprint density at radius 1 is 1.28 bits per heavy atom. The van der Waals surface area contributed by atoms with Crippen LogP contribution in [0.25, 0.3) is 0 Å². The number of hydrogen-bond acceptors (Lipinski definition) is 5. The van der Waals surface area contributed by atoms with Crippen molar-refractivity contribution in [2.75, 3.05) is 5.32 Å². The van der Waals surface area contributed by atoms with Gasteiger partial charge in [0.1, 0.15) is 23.4 Å². The van der Waals surface area contributed by atoms with Gasteiger partial charge in [-0.3, -0.25) is 14.6 Å². The van der Waals surface area contributed by atoms with Crippen molar-refractivity contribution in [1.29, 1.82) is 0 Å². The molecule has 1 aliphatic rings. The zero-order chi connectivity index (χ0) is 23.8. The number of benzene rings is 1. The van der Waals surface area contributed by atoms with Crippen molar-refractivity contribution >= 4 is 17.5 Å². The smallest absolute Gasteiger partial charge is 0.387 e. The van der Waals surface area contributed by atoms with Gasteiger partial charge in [0.05, 0.1) is 5.60 Å². The molecule has 3 N–H and O–H groups in total. The molecule has 0 saturated carbocycles. The first-order valence-electron chi connectivity index (χ1n) is 9.90. The Hall–Kier alpha value is -3.14. The Kier molecular flexibility index (Phi) is 6.45. The topological polar surface area (TPSA) is 104 Å². The minimum absolute atomic E-state index is 0.0397. The number of amides is 2. The molecule has 1 aliphatic heterocycles. The highest BCUT2D eigenvalue weighted by atomic mass is 19.3.